The lowest BCUT2D eigenvalue weighted by Gasteiger charge is -2.30. The molecule has 1 atom stereocenters. The third kappa shape index (κ3) is 7.17. The zero-order chi connectivity index (χ0) is 23.0. The average molecular weight is 449 g/mol. The lowest BCUT2D eigenvalue weighted by molar-refractivity contribution is -0.122. The van der Waals surface area contributed by atoms with Crippen LogP contribution in [0.4, 0.5) is 5.69 Å². The van der Waals surface area contributed by atoms with Gasteiger partial charge in [-0.25, -0.2) is 8.42 Å². The molecule has 2 aromatic rings. The Hall–Kier alpha value is -2.74. The van der Waals surface area contributed by atoms with Gasteiger partial charge in [0.25, 0.3) is 0 Å². The monoisotopic (exact) mass is 448 g/mol. The Labute approximate surface area is 185 Å². The Balaban J connectivity index is 2.19. The van der Waals surface area contributed by atoms with Crippen LogP contribution in [0.5, 0.6) is 11.5 Å². The normalized spacial score (nSPS) is 12.3. The smallest absolute Gasteiger partial charge is 0.244 e. The van der Waals surface area contributed by atoms with Gasteiger partial charge in [0, 0.05) is 6.54 Å². The first-order chi connectivity index (χ1) is 14.7. The number of carbonyl (C=O) groups is 1. The SMILES string of the molecule is CCOc1ccc(N(C(CC)C(=O)NCc2cccc(OC(C)C)c2)S(C)(=O)=O)cc1. The Kier molecular flexibility index (Phi) is 8.74. The quantitative estimate of drug-likeness (QED) is 0.566. The minimum atomic E-state index is -3.69. The fraction of sp³-hybridized carbons (Fsp3) is 0.435. The zero-order valence-corrected chi connectivity index (χ0v) is 19.6. The van der Waals surface area contributed by atoms with Gasteiger partial charge >= 0.3 is 0 Å². The van der Waals surface area contributed by atoms with Crippen LogP contribution < -0.4 is 19.1 Å². The molecule has 0 aliphatic rings. The van der Waals surface area contributed by atoms with Gasteiger partial charge in [-0.3, -0.25) is 9.10 Å². The number of amides is 1. The van der Waals surface area contributed by atoms with Crippen molar-refractivity contribution < 1.29 is 22.7 Å². The summed E-state index contributed by atoms with van der Waals surface area (Å²) in [6.07, 6.45) is 1.47. The first kappa shape index (κ1) is 24.5. The first-order valence-corrected chi connectivity index (χ1v) is 12.3. The minimum Gasteiger partial charge on any atom is -0.494 e. The van der Waals surface area contributed by atoms with Crippen LogP contribution in [0.15, 0.2) is 48.5 Å². The van der Waals surface area contributed by atoms with Gasteiger partial charge in [0.05, 0.1) is 24.7 Å². The number of sulfonamides is 1. The van der Waals surface area contributed by atoms with E-state index < -0.39 is 16.1 Å². The fourth-order valence-corrected chi connectivity index (χ4v) is 4.44. The maximum atomic E-state index is 13.0. The highest BCUT2D eigenvalue weighted by molar-refractivity contribution is 7.92. The molecule has 0 aromatic heterocycles. The maximum Gasteiger partial charge on any atom is 0.244 e. The van der Waals surface area contributed by atoms with Crippen LogP contribution in [-0.2, 0) is 21.4 Å². The molecular weight excluding hydrogens is 416 g/mol. The fourth-order valence-electron chi connectivity index (χ4n) is 3.22. The second-order valence-electron chi connectivity index (χ2n) is 7.44. The number of carbonyl (C=O) groups excluding carboxylic acids is 1. The van der Waals surface area contributed by atoms with Crippen molar-refractivity contribution in [3.8, 4) is 11.5 Å². The predicted octanol–water partition coefficient (Wildman–Crippen LogP) is 3.73. The highest BCUT2D eigenvalue weighted by Gasteiger charge is 2.31. The predicted molar refractivity (Wildman–Crippen MR) is 123 cm³/mol. The first-order valence-electron chi connectivity index (χ1n) is 10.4. The number of hydrogen-bond donors (Lipinski definition) is 1. The largest absolute Gasteiger partial charge is 0.494 e. The summed E-state index contributed by atoms with van der Waals surface area (Å²) in [7, 11) is -3.69. The van der Waals surface area contributed by atoms with Gasteiger partial charge in [0.2, 0.25) is 15.9 Å². The summed E-state index contributed by atoms with van der Waals surface area (Å²) in [5.74, 6) is 0.999. The summed E-state index contributed by atoms with van der Waals surface area (Å²) >= 11 is 0. The lowest BCUT2D eigenvalue weighted by Crippen LogP contribution is -2.49. The number of benzene rings is 2. The van der Waals surface area contributed by atoms with E-state index in [4.69, 9.17) is 9.47 Å². The Bertz CT molecular complexity index is 958. The van der Waals surface area contributed by atoms with Crippen LogP contribution in [0.25, 0.3) is 0 Å². The molecule has 2 rings (SSSR count). The molecule has 8 heteroatoms. The molecule has 0 spiro atoms. The Morgan fingerprint density at radius 3 is 2.29 bits per heavy atom. The summed E-state index contributed by atoms with van der Waals surface area (Å²) in [5, 5.41) is 2.86. The van der Waals surface area contributed by atoms with E-state index >= 15 is 0 Å². The summed E-state index contributed by atoms with van der Waals surface area (Å²) in [5.41, 5.74) is 1.29. The highest BCUT2D eigenvalue weighted by atomic mass is 32.2. The van der Waals surface area contributed by atoms with E-state index in [0.717, 1.165) is 21.9 Å². The van der Waals surface area contributed by atoms with Crippen LogP contribution in [0.1, 0.15) is 39.7 Å². The molecule has 1 amide bonds. The number of nitrogens with zero attached hydrogens (tertiary/aromatic N) is 1. The molecule has 170 valence electrons. The number of rotatable bonds is 11. The Morgan fingerprint density at radius 2 is 1.74 bits per heavy atom. The summed E-state index contributed by atoms with van der Waals surface area (Å²) in [4.78, 5) is 13.0. The molecule has 0 bridgehead atoms. The van der Waals surface area contributed by atoms with Crippen molar-refractivity contribution >= 4 is 21.6 Å². The number of ether oxygens (including phenoxy) is 2. The molecule has 7 nitrogen and oxygen atoms in total. The van der Waals surface area contributed by atoms with Crippen LogP contribution >= 0.6 is 0 Å². The van der Waals surface area contributed by atoms with Crippen molar-refractivity contribution in [2.75, 3.05) is 17.2 Å². The molecule has 0 saturated heterocycles. The standard InChI is InChI=1S/C23H32N2O5S/c1-6-22(23(26)24-16-18-9-8-10-21(15-18)30-17(3)4)25(31(5,27)28)19-11-13-20(14-12-19)29-7-2/h8-15,17,22H,6-7,16H2,1-5H3,(H,24,26). The van der Waals surface area contributed by atoms with E-state index in [1.54, 1.807) is 31.2 Å². The lowest BCUT2D eigenvalue weighted by atomic mass is 10.1. The second kappa shape index (κ2) is 11.0. The average Bonchev–Trinajstić information content (AvgIpc) is 2.70. The molecule has 0 aliphatic heterocycles. The van der Waals surface area contributed by atoms with Gasteiger partial charge in [-0.2, -0.15) is 0 Å². The Morgan fingerprint density at radius 1 is 1.06 bits per heavy atom. The van der Waals surface area contributed by atoms with Gasteiger partial charge in [0.15, 0.2) is 0 Å². The molecule has 0 radical (unpaired) electrons. The summed E-state index contributed by atoms with van der Waals surface area (Å²) < 4.78 is 37.4. The molecule has 0 heterocycles. The molecule has 0 aliphatic carbocycles. The maximum absolute atomic E-state index is 13.0. The van der Waals surface area contributed by atoms with Crippen molar-refractivity contribution in [3.05, 3.63) is 54.1 Å². The van der Waals surface area contributed by atoms with E-state index in [1.165, 1.54) is 0 Å². The second-order valence-corrected chi connectivity index (χ2v) is 9.30. The van der Waals surface area contributed by atoms with Crippen molar-refractivity contribution in [2.24, 2.45) is 0 Å². The van der Waals surface area contributed by atoms with E-state index in [9.17, 15) is 13.2 Å². The topological polar surface area (TPSA) is 84.9 Å². The van der Waals surface area contributed by atoms with E-state index in [1.807, 2.05) is 45.0 Å². The minimum absolute atomic E-state index is 0.0479. The summed E-state index contributed by atoms with van der Waals surface area (Å²) in [6.45, 7) is 8.33. The van der Waals surface area contributed by atoms with E-state index in [-0.39, 0.29) is 18.6 Å². The van der Waals surface area contributed by atoms with E-state index in [0.29, 0.717) is 24.5 Å². The van der Waals surface area contributed by atoms with Gasteiger partial charge in [-0.05, 0) is 69.2 Å². The number of hydrogen-bond acceptors (Lipinski definition) is 5. The molecule has 0 fully saturated rings. The van der Waals surface area contributed by atoms with Crippen molar-refractivity contribution in [1.29, 1.82) is 0 Å². The third-order valence-corrected chi connectivity index (χ3v) is 5.65. The van der Waals surface area contributed by atoms with Crippen molar-refractivity contribution in [3.63, 3.8) is 0 Å². The third-order valence-electron chi connectivity index (χ3n) is 4.47. The van der Waals surface area contributed by atoms with Gasteiger partial charge in [-0.1, -0.05) is 19.1 Å². The molecule has 1 unspecified atom stereocenters. The molecule has 31 heavy (non-hydrogen) atoms. The van der Waals surface area contributed by atoms with Crippen LogP contribution in [0, 0.1) is 0 Å². The molecule has 1 N–H and O–H groups in total. The van der Waals surface area contributed by atoms with Crippen LogP contribution in [-0.4, -0.2) is 39.3 Å². The van der Waals surface area contributed by atoms with Gasteiger partial charge in [0.1, 0.15) is 17.5 Å². The number of nitrogens with one attached hydrogen (secondary N) is 1. The molecule has 2 aromatic carbocycles. The molecular formula is C23H32N2O5S. The van der Waals surface area contributed by atoms with Crippen LogP contribution in [0.2, 0.25) is 0 Å². The van der Waals surface area contributed by atoms with Gasteiger partial charge in [-0.15, -0.1) is 0 Å². The highest BCUT2D eigenvalue weighted by Crippen LogP contribution is 2.25. The number of anilines is 1. The van der Waals surface area contributed by atoms with E-state index in [2.05, 4.69) is 5.32 Å². The zero-order valence-electron chi connectivity index (χ0n) is 18.8. The van der Waals surface area contributed by atoms with Crippen LogP contribution in [0.3, 0.4) is 0 Å². The molecule has 0 saturated carbocycles. The summed E-state index contributed by atoms with van der Waals surface area (Å²) in [6, 6.07) is 13.3. The van der Waals surface area contributed by atoms with Gasteiger partial charge < -0.3 is 14.8 Å². The van der Waals surface area contributed by atoms with Crippen molar-refractivity contribution in [2.45, 2.75) is 52.8 Å². The van der Waals surface area contributed by atoms with Crippen molar-refractivity contribution in [1.82, 2.24) is 5.32 Å².